The number of rotatable bonds is 3. The summed E-state index contributed by atoms with van der Waals surface area (Å²) in [5.74, 6) is 0.371. The van der Waals surface area contributed by atoms with E-state index >= 15 is 0 Å². The summed E-state index contributed by atoms with van der Waals surface area (Å²) in [6.07, 6.45) is 1.08. The molecule has 1 unspecified atom stereocenters. The topological polar surface area (TPSA) is 38.9 Å². The average Bonchev–Trinajstić information content (AvgIpc) is 2.68. The van der Waals surface area contributed by atoms with Gasteiger partial charge in [0.1, 0.15) is 0 Å². The van der Waals surface area contributed by atoms with Crippen molar-refractivity contribution in [2.75, 3.05) is 5.73 Å². The Morgan fingerprint density at radius 3 is 2.41 bits per heavy atom. The first kappa shape index (κ1) is 12.1. The molecular weight excluding hydrogens is 228 g/mol. The largest absolute Gasteiger partial charge is 0.375 e. The lowest BCUT2D eigenvalue weighted by atomic mass is 9.97. The molecule has 2 N–H and O–H groups in total. The van der Waals surface area contributed by atoms with Crippen LogP contribution in [-0.4, -0.2) is 4.98 Å². The monoisotopic (exact) mass is 246 g/mol. The molecule has 0 aliphatic rings. The van der Waals surface area contributed by atoms with Gasteiger partial charge in [-0.25, -0.2) is 4.98 Å². The summed E-state index contributed by atoms with van der Waals surface area (Å²) in [5.41, 5.74) is 9.51. The Balaban J connectivity index is 2.30. The van der Waals surface area contributed by atoms with E-state index in [9.17, 15) is 0 Å². The van der Waals surface area contributed by atoms with E-state index < -0.39 is 0 Å². The number of nitrogen functional groups attached to an aromatic ring is 1. The van der Waals surface area contributed by atoms with Gasteiger partial charge in [0.15, 0.2) is 5.13 Å². The highest BCUT2D eigenvalue weighted by Crippen LogP contribution is 2.32. The summed E-state index contributed by atoms with van der Waals surface area (Å²) in [4.78, 5) is 5.56. The zero-order valence-corrected chi connectivity index (χ0v) is 11.3. The SMILES string of the molecule is CCc1ccc(C(C)c2sc(N)nc2C)cc1. The molecule has 2 aromatic rings. The molecule has 0 spiro atoms. The highest BCUT2D eigenvalue weighted by atomic mass is 32.1. The highest BCUT2D eigenvalue weighted by Gasteiger charge is 2.14. The molecule has 0 bridgehead atoms. The number of nitrogens with two attached hydrogens (primary N) is 1. The minimum absolute atomic E-state index is 0.371. The predicted molar refractivity (Wildman–Crippen MR) is 74.6 cm³/mol. The first-order valence-corrected chi connectivity index (χ1v) is 6.75. The average molecular weight is 246 g/mol. The van der Waals surface area contributed by atoms with Crippen molar-refractivity contribution in [2.24, 2.45) is 0 Å². The van der Waals surface area contributed by atoms with Gasteiger partial charge in [-0.05, 0) is 24.5 Å². The van der Waals surface area contributed by atoms with E-state index in [0.29, 0.717) is 11.0 Å². The zero-order valence-electron chi connectivity index (χ0n) is 10.5. The molecule has 3 heteroatoms. The van der Waals surface area contributed by atoms with Crippen LogP contribution < -0.4 is 5.73 Å². The number of thiazole rings is 1. The summed E-state index contributed by atoms with van der Waals surface area (Å²) < 4.78 is 0. The second-order valence-electron chi connectivity index (χ2n) is 4.32. The van der Waals surface area contributed by atoms with Crippen molar-refractivity contribution >= 4 is 16.5 Å². The number of hydrogen-bond acceptors (Lipinski definition) is 3. The van der Waals surface area contributed by atoms with E-state index in [1.165, 1.54) is 16.0 Å². The van der Waals surface area contributed by atoms with Gasteiger partial charge in [-0.2, -0.15) is 0 Å². The van der Waals surface area contributed by atoms with Crippen LogP contribution in [-0.2, 0) is 6.42 Å². The van der Waals surface area contributed by atoms with Gasteiger partial charge in [0.25, 0.3) is 0 Å². The molecule has 0 amide bonds. The number of hydrogen-bond donors (Lipinski definition) is 1. The summed E-state index contributed by atoms with van der Waals surface area (Å²) in [6, 6.07) is 8.81. The standard InChI is InChI=1S/C14H18N2S/c1-4-11-5-7-12(8-6-11)9(2)13-10(3)16-14(15)17-13/h5-9H,4H2,1-3H3,(H2,15,16). The Labute approximate surface area is 107 Å². The smallest absolute Gasteiger partial charge is 0.180 e. The van der Waals surface area contributed by atoms with Crippen molar-refractivity contribution in [2.45, 2.75) is 33.1 Å². The summed E-state index contributed by atoms with van der Waals surface area (Å²) in [5, 5.41) is 0.662. The van der Waals surface area contributed by atoms with Crippen LogP contribution in [0.5, 0.6) is 0 Å². The predicted octanol–water partition coefficient (Wildman–Crippen LogP) is 3.75. The minimum Gasteiger partial charge on any atom is -0.375 e. The van der Waals surface area contributed by atoms with Crippen LogP contribution in [0.2, 0.25) is 0 Å². The molecule has 1 atom stereocenters. The number of aryl methyl sites for hydroxylation is 2. The molecule has 17 heavy (non-hydrogen) atoms. The molecular formula is C14H18N2S. The third-order valence-electron chi connectivity index (χ3n) is 3.13. The van der Waals surface area contributed by atoms with E-state index in [-0.39, 0.29) is 0 Å². The lowest BCUT2D eigenvalue weighted by Crippen LogP contribution is -1.96. The van der Waals surface area contributed by atoms with Gasteiger partial charge in [0.2, 0.25) is 0 Å². The maximum Gasteiger partial charge on any atom is 0.180 e. The Bertz CT molecular complexity index is 499. The summed E-state index contributed by atoms with van der Waals surface area (Å²) in [6.45, 7) is 6.41. The molecule has 1 heterocycles. The Morgan fingerprint density at radius 2 is 1.94 bits per heavy atom. The first-order valence-electron chi connectivity index (χ1n) is 5.93. The number of nitrogens with zero attached hydrogens (tertiary/aromatic N) is 1. The molecule has 0 radical (unpaired) electrons. The number of aromatic nitrogens is 1. The van der Waals surface area contributed by atoms with Gasteiger partial charge < -0.3 is 5.73 Å². The van der Waals surface area contributed by atoms with Gasteiger partial charge in [-0.3, -0.25) is 0 Å². The van der Waals surface area contributed by atoms with Gasteiger partial charge in [0.05, 0.1) is 5.69 Å². The fraction of sp³-hybridized carbons (Fsp3) is 0.357. The van der Waals surface area contributed by atoms with E-state index in [4.69, 9.17) is 5.73 Å². The van der Waals surface area contributed by atoms with Crippen molar-refractivity contribution in [1.29, 1.82) is 0 Å². The number of benzene rings is 1. The van der Waals surface area contributed by atoms with Crippen molar-refractivity contribution in [3.05, 3.63) is 46.0 Å². The van der Waals surface area contributed by atoms with Crippen molar-refractivity contribution in [3.8, 4) is 0 Å². The molecule has 1 aromatic heterocycles. The van der Waals surface area contributed by atoms with Gasteiger partial charge in [-0.15, -0.1) is 11.3 Å². The second-order valence-corrected chi connectivity index (χ2v) is 5.38. The lowest BCUT2D eigenvalue weighted by Gasteiger charge is -2.11. The third-order valence-corrected chi connectivity index (χ3v) is 4.30. The summed E-state index contributed by atoms with van der Waals surface area (Å²) in [7, 11) is 0. The Kier molecular flexibility index (Phi) is 3.48. The van der Waals surface area contributed by atoms with Gasteiger partial charge in [0, 0.05) is 10.8 Å². The lowest BCUT2D eigenvalue weighted by molar-refractivity contribution is 0.924. The fourth-order valence-electron chi connectivity index (χ4n) is 2.02. The van der Waals surface area contributed by atoms with E-state index in [0.717, 1.165) is 12.1 Å². The van der Waals surface area contributed by atoms with Crippen LogP contribution in [0.4, 0.5) is 5.13 Å². The highest BCUT2D eigenvalue weighted by molar-refractivity contribution is 7.15. The maximum absolute atomic E-state index is 5.75. The van der Waals surface area contributed by atoms with Crippen LogP contribution in [0.3, 0.4) is 0 Å². The molecule has 0 aliphatic heterocycles. The van der Waals surface area contributed by atoms with Crippen LogP contribution in [0.25, 0.3) is 0 Å². The van der Waals surface area contributed by atoms with Crippen molar-refractivity contribution in [1.82, 2.24) is 4.98 Å². The summed E-state index contributed by atoms with van der Waals surface area (Å²) >= 11 is 1.59. The fourth-order valence-corrected chi connectivity index (χ4v) is 2.94. The van der Waals surface area contributed by atoms with E-state index in [2.05, 4.69) is 43.1 Å². The maximum atomic E-state index is 5.75. The number of anilines is 1. The van der Waals surface area contributed by atoms with Crippen LogP contribution >= 0.6 is 11.3 Å². The van der Waals surface area contributed by atoms with Crippen molar-refractivity contribution in [3.63, 3.8) is 0 Å². The van der Waals surface area contributed by atoms with Crippen LogP contribution in [0, 0.1) is 6.92 Å². The van der Waals surface area contributed by atoms with Gasteiger partial charge >= 0.3 is 0 Å². The van der Waals surface area contributed by atoms with Crippen LogP contribution in [0.1, 0.15) is 41.5 Å². The van der Waals surface area contributed by atoms with E-state index in [1.807, 2.05) is 6.92 Å². The van der Waals surface area contributed by atoms with E-state index in [1.54, 1.807) is 11.3 Å². The molecule has 2 nitrogen and oxygen atoms in total. The minimum atomic E-state index is 0.371. The molecule has 1 aromatic carbocycles. The molecule has 2 rings (SSSR count). The van der Waals surface area contributed by atoms with Crippen molar-refractivity contribution < 1.29 is 0 Å². The first-order chi connectivity index (χ1) is 8.11. The Morgan fingerprint density at radius 1 is 1.29 bits per heavy atom. The molecule has 0 fully saturated rings. The zero-order chi connectivity index (χ0) is 12.4. The second kappa shape index (κ2) is 4.88. The molecule has 0 saturated carbocycles. The normalized spacial score (nSPS) is 12.6. The quantitative estimate of drug-likeness (QED) is 0.895. The Hall–Kier alpha value is -1.35. The van der Waals surface area contributed by atoms with Crippen LogP contribution in [0.15, 0.2) is 24.3 Å². The molecule has 0 aliphatic carbocycles. The molecule has 90 valence electrons. The molecule has 0 saturated heterocycles. The van der Waals surface area contributed by atoms with Gasteiger partial charge in [-0.1, -0.05) is 38.1 Å². The third kappa shape index (κ3) is 2.50.